The van der Waals surface area contributed by atoms with Crippen LogP contribution in [0.25, 0.3) is 0 Å². The fourth-order valence-corrected chi connectivity index (χ4v) is 11.1. The molecule has 3 aliphatic carbocycles. The maximum atomic E-state index is 14.9. The molecule has 0 bridgehead atoms. The van der Waals surface area contributed by atoms with E-state index in [0.29, 0.717) is 51.0 Å². The lowest BCUT2D eigenvalue weighted by Gasteiger charge is -2.36. The van der Waals surface area contributed by atoms with Crippen LogP contribution in [-0.4, -0.2) is 91.0 Å². The number of benzene rings is 1. The molecule has 2 saturated heterocycles. The summed E-state index contributed by atoms with van der Waals surface area (Å²) in [5.74, 6) is -3.08. The number of nitrogens with one attached hydrogen (secondary N) is 4. The number of hydrogen-bond donors (Lipinski definition) is 4. The van der Waals surface area contributed by atoms with Crippen molar-refractivity contribution in [3.63, 3.8) is 0 Å². The second-order valence-corrected chi connectivity index (χ2v) is 19.2. The fraction of sp³-hybridized carbons (Fsp3) is 0.667. The van der Waals surface area contributed by atoms with Gasteiger partial charge in [0.25, 0.3) is 17.7 Å². The smallest absolute Gasteiger partial charge is 0.303 e. The lowest BCUT2D eigenvalue weighted by molar-refractivity contribution is -0.142. The molecule has 53 heavy (non-hydrogen) atoms. The maximum Gasteiger partial charge on any atom is 0.303 e. The number of nitrogens with zero attached hydrogens (tertiary/aromatic N) is 2. The van der Waals surface area contributed by atoms with Gasteiger partial charge in [-0.2, -0.15) is 12.7 Å². The predicted octanol–water partition coefficient (Wildman–Crippen LogP) is 3.29. The van der Waals surface area contributed by atoms with Crippen LogP contribution in [0.2, 0.25) is 0 Å². The van der Waals surface area contributed by atoms with Gasteiger partial charge in [0.1, 0.15) is 17.6 Å². The fourth-order valence-electron chi connectivity index (χ4n) is 9.77. The second kappa shape index (κ2) is 13.5. The molecule has 0 radical (unpaired) electrons. The molecule has 5 aliphatic rings. The quantitative estimate of drug-likeness (QED) is 0.237. The molecule has 5 fully saturated rings. The Morgan fingerprint density at radius 3 is 2.15 bits per heavy atom. The van der Waals surface area contributed by atoms with Crippen molar-refractivity contribution in [3.05, 3.63) is 48.0 Å². The summed E-state index contributed by atoms with van der Waals surface area (Å²) >= 11 is 0. The summed E-state index contributed by atoms with van der Waals surface area (Å²) in [6.07, 6.45) is 7.35. The van der Waals surface area contributed by atoms with Crippen LogP contribution in [0.15, 0.2) is 36.9 Å². The maximum absolute atomic E-state index is 14.9. The largest absolute Gasteiger partial charge is 0.352 e. The average molecular weight is 753 g/mol. The number of likely N-dealkylation sites (tertiary alicyclic amines) is 1. The van der Waals surface area contributed by atoms with Gasteiger partial charge in [-0.1, -0.05) is 60.1 Å². The molecular weight excluding hydrogens is 697 g/mol. The van der Waals surface area contributed by atoms with E-state index in [4.69, 9.17) is 0 Å². The predicted molar refractivity (Wildman–Crippen MR) is 199 cm³/mol. The van der Waals surface area contributed by atoms with Gasteiger partial charge in [-0.3, -0.25) is 24.0 Å². The number of rotatable bonds is 12. The van der Waals surface area contributed by atoms with Gasteiger partial charge in [0.15, 0.2) is 0 Å². The average Bonchev–Trinajstić information content (AvgIpc) is 3.55. The summed E-state index contributed by atoms with van der Waals surface area (Å²) in [5.41, 5.74) is -2.24. The number of fused-ring (bicyclic) bond motifs is 1. The molecule has 290 valence electrons. The Morgan fingerprint density at radius 2 is 1.62 bits per heavy atom. The minimum absolute atomic E-state index is 0.0189. The first-order valence-electron chi connectivity index (χ1n) is 19.1. The summed E-state index contributed by atoms with van der Waals surface area (Å²) in [7, 11) is -4.10. The van der Waals surface area contributed by atoms with Crippen molar-refractivity contribution in [2.45, 2.75) is 111 Å². The highest BCUT2D eigenvalue weighted by atomic mass is 32.2. The van der Waals surface area contributed by atoms with E-state index in [9.17, 15) is 32.4 Å². The highest BCUT2D eigenvalue weighted by Crippen LogP contribution is 2.88. The third kappa shape index (κ3) is 6.36. The van der Waals surface area contributed by atoms with Gasteiger partial charge in [0, 0.05) is 48.6 Å². The highest BCUT2D eigenvalue weighted by Gasteiger charge is 2.85. The molecule has 2 heterocycles. The van der Waals surface area contributed by atoms with Gasteiger partial charge in [-0.25, -0.2) is 4.72 Å². The molecule has 1 unspecified atom stereocenters. The van der Waals surface area contributed by atoms with E-state index in [2.05, 4.69) is 41.1 Å². The normalized spacial score (nSPS) is 28.8. The molecular formula is C39H56N6O7S. The molecule has 3 saturated carbocycles. The van der Waals surface area contributed by atoms with Crippen LogP contribution < -0.4 is 20.7 Å². The first-order valence-corrected chi connectivity index (χ1v) is 20.5. The molecule has 6 rings (SSSR count). The van der Waals surface area contributed by atoms with E-state index in [-0.39, 0.29) is 34.1 Å². The Hall–Kier alpha value is -3.78. The molecule has 5 amide bonds. The zero-order valence-corrected chi connectivity index (χ0v) is 32.8. The Kier molecular flexibility index (Phi) is 9.92. The standard InChI is InChI=1S/C39H56N6O7S/c1-8-18-40-30(46)25-14-12-15-26(21-25)31(47)41-29(35(3,4)5)33(49)45-24-38(36(6,7)37(38)16-13-17-37)23-28(45)32(48)42-39(22-27(39)9-2)34(50)43-53(51,52)44-19-10-11-20-44/h9,12,14-15,21,27-29H,2,8,10-11,13,16-20,22-24H2,1,3-7H3,(H,40,46)(H,41,47)(H,42,48)(H,43,50)/t27-,28?,29-,38-,39-/m1/s1. The van der Waals surface area contributed by atoms with Gasteiger partial charge in [-0.05, 0) is 79.4 Å². The van der Waals surface area contributed by atoms with Crippen LogP contribution in [0, 0.1) is 27.6 Å². The lowest BCUT2D eigenvalue weighted by atomic mass is 9.73. The van der Waals surface area contributed by atoms with E-state index in [1.807, 2.05) is 27.7 Å². The zero-order chi connectivity index (χ0) is 38.8. The van der Waals surface area contributed by atoms with E-state index in [1.165, 1.54) is 10.4 Å². The summed E-state index contributed by atoms with van der Waals surface area (Å²) in [6, 6.07) is 4.34. The molecule has 0 aromatic heterocycles. The van der Waals surface area contributed by atoms with Crippen molar-refractivity contribution >= 4 is 39.7 Å². The first-order chi connectivity index (χ1) is 24.8. The molecule has 4 N–H and O–H groups in total. The van der Waals surface area contributed by atoms with Crippen molar-refractivity contribution in [1.29, 1.82) is 0 Å². The topological polar surface area (TPSA) is 174 Å². The summed E-state index contributed by atoms with van der Waals surface area (Å²) in [5, 5.41) is 8.67. The Morgan fingerprint density at radius 1 is 0.981 bits per heavy atom. The molecule has 5 atom stereocenters. The molecule has 14 heteroatoms. The number of carbonyl (C=O) groups excluding carboxylic acids is 5. The lowest BCUT2D eigenvalue weighted by Crippen LogP contribution is -2.60. The Labute approximate surface area is 313 Å². The number of amides is 5. The molecule has 1 aromatic carbocycles. The molecule has 2 aliphatic heterocycles. The summed E-state index contributed by atoms with van der Waals surface area (Å²) in [6.45, 7) is 17.2. The third-order valence-corrected chi connectivity index (χ3v) is 14.9. The SMILES string of the molecule is C=C[C@@H]1C[C@]1(NC(=O)C1C[C@@]2(CN1C(=O)[C@@H](NC(=O)c1cccc(C(=O)NCCC)c1)C(C)(C)C)C(C)(C)C21CCC1)C(=O)NS(=O)(=O)N1CCCC1. The van der Waals surface area contributed by atoms with Crippen molar-refractivity contribution < 1.29 is 32.4 Å². The minimum atomic E-state index is -4.10. The monoisotopic (exact) mass is 752 g/mol. The van der Waals surface area contributed by atoms with Crippen molar-refractivity contribution in [2.75, 3.05) is 26.2 Å². The summed E-state index contributed by atoms with van der Waals surface area (Å²) < 4.78 is 29.6. The van der Waals surface area contributed by atoms with Crippen LogP contribution in [0.3, 0.4) is 0 Å². The van der Waals surface area contributed by atoms with E-state index < -0.39 is 62.8 Å². The van der Waals surface area contributed by atoms with Crippen LogP contribution in [0.4, 0.5) is 0 Å². The second-order valence-electron chi connectivity index (χ2n) is 17.5. The van der Waals surface area contributed by atoms with E-state index >= 15 is 0 Å². The van der Waals surface area contributed by atoms with Crippen LogP contribution >= 0.6 is 0 Å². The highest BCUT2D eigenvalue weighted by molar-refractivity contribution is 7.87. The first kappa shape index (κ1) is 38.9. The van der Waals surface area contributed by atoms with E-state index in [0.717, 1.165) is 25.7 Å². The van der Waals surface area contributed by atoms with Crippen LogP contribution in [0.1, 0.15) is 114 Å². The van der Waals surface area contributed by atoms with Gasteiger partial charge in [0.05, 0.1) is 0 Å². The van der Waals surface area contributed by atoms with Gasteiger partial charge in [0.2, 0.25) is 11.8 Å². The number of carbonyl (C=O) groups is 5. The van der Waals surface area contributed by atoms with Crippen LogP contribution in [-0.2, 0) is 24.6 Å². The Balaban J connectivity index is 1.27. The molecule has 2 spiro atoms. The minimum Gasteiger partial charge on any atom is -0.352 e. The zero-order valence-electron chi connectivity index (χ0n) is 32.0. The Bertz CT molecular complexity index is 1810. The van der Waals surface area contributed by atoms with Crippen molar-refractivity contribution in [3.8, 4) is 0 Å². The molecule has 13 nitrogen and oxygen atoms in total. The van der Waals surface area contributed by atoms with Crippen molar-refractivity contribution in [2.24, 2.45) is 27.6 Å². The number of hydrogen-bond acceptors (Lipinski definition) is 7. The van der Waals surface area contributed by atoms with Crippen molar-refractivity contribution in [1.82, 2.24) is 29.9 Å². The third-order valence-electron chi connectivity index (χ3n) is 13.4. The molecule has 1 aromatic rings. The van der Waals surface area contributed by atoms with Gasteiger partial charge < -0.3 is 20.9 Å². The summed E-state index contributed by atoms with van der Waals surface area (Å²) in [4.78, 5) is 71.1. The van der Waals surface area contributed by atoms with Gasteiger partial charge in [-0.15, -0.1) is 6.58 Å². The van der Waals surface area contributed by atoms with E-state index in [1.54, 1.807) is 29.2 Å². The van der Waals surface area contributed by atoms with Crippen LogP contribution in [0.5, 0.6) is 0 Å². The van der Waals surface area contributed by atoms with Gasteiger partial charge >= 0.3 is 10.2 Å².